The maximum absolute atomic E-state index is 14.0. The summed E-state index contributed by atoms with van der Waals surface area (Å²) < 4.78 is 19.8. The van der Waals surface area contributed by atoms with Gasteiger partial charge in [0.1, 0.15) is 11.6 Å². The smallest absolute Gasteiger partial charge is 0.123 e. The van der Waals surface area contributed by atoms with Gasteiger partial charge in [0.15, 0.2) is 0 Å². The number of piperidine rings is 1. The van der Waals surface area contributed by atoms with Crippen LogP contribution in [-0.4, -0.2) is 31.3 Å². The molecule has 1 saturated carbocycles. The first-order chi connectivity index (χ1) is 15.6. The molecule has 1 saturated heterocycles. The van der Waals surface area contributed by atoms with Crippen LogP contribution in [0.5, 0.6) is 5.75 Å². The van der Waals surface area contributed by atoms with Crippen molar-refractivity contribution in [2.75, 3.05) is 26.2 Å². The van der Waals surface area contributed by atoms with E-state index in [-0.39, 0.29) is 17.7 Å². The number of ether oxygens (including phenoxy) is 1. The molecule has 1 aliphatic carbocycles. The van der Waals surface area contributed by atoms with E-state index in [1.165, 1.54) is 6.07 Å². The number of hydrogen-bond donors (Lipinski definition) is 2. The molecule has 2 aromatic carbocycles. The summed E-state index contributed by atoms with van der Waals surface area (Å²) in [7, 11) is 0. The number of halogens is 1. The van der Waals surface area contributed by atoms with Crippen LogP contribution in [-0.2, 0) is 5.60 Å². The van der Waals surface area contributed by atoms with Crippen LogP contribution in [0.25, 0.3) is 0 Å². The molecule has 4 rings (SSSR count). The average Bonchev–Trinajstić information content (AvgIpc) is 3.38. The molecule has 1 aliphatic heterocycles. The van der Waals surface area contributed by atoms with E-state index in [0.717, 1.165) is 75.9 Å². The average molecular weight is 438 g/mol. The first-order valence-electron chi connectivity index (χ1n) is 12.0. The van der Waals surface area contributed by atoms with Crippen molar-refractivity contribution in [1.82, 2.24) is 0 Å². The summed E-state index contributed by atoms with van der Waals surface area (Å²) in [5.41, 5.74) is 0.497. The number of quaternary nitrogens is 1. The van der Waals surface area contributed by atoms with E-state index in [0.29, 0.717) is 12.2 Å². The van der Waals surface area contributed by atoms with Crippen LogP contribution in [0.15, 0.2) is 48.5 Å². The molecule has 0 amide bonds. The van der Waals surface area contributed by atoms with Gasteiger partial charge >= 0.3 is 0 Å². The van der Waals surface area contributed by atoms with Gasteiger partial charge in [-0.05, 0) is 60.7 Å². The molecule has 2 N–H and O–H groups in total. The second kappa shape index (κ2) is 10.5. The minimum Gasteiger partial charge on any atom is -0.493 e. The zero-order valence-electron chi connectivity index (χ0n) is 18.7. The molecule has 32 heavy (non-hydrogen) atoms. The van der Waals surface area contributed by atoms with Crippen LogP contribution in [0.2, 0.25) is 0 Å². The fraction of sp³-hybridized carbons (Fsp3) is 0.519. The molecule has 2 aromatic rings. The third-order valence-corrected chi connectivity index (χ3v) is 7.51. The van der Waals surface area contributed by atoms with Gasteiger partial charge in [-0.25, -0.2) is 4.39 Å². The second-order valence-corrected chi connectivity index (χ2v) is 9.43. The SMILES string of the molecule is N#Cc1ccc(OCCC[NH+]2CCC([C@@](O)(c3cccc(F)c3)C3CCCC3)CC2)cc1. The van der Waals surface area contributed by atoms with Crippen LogP contribution in [0.3, 0.4) is 0 Å². The van der Waals surface area contributed by atoms with Crippen molar-refractivity contribution >= 4 is 0 Å². The molecule has 1 atom stereocenters. The Bertz CT molecular complexity index is 912. The summed E-state index contributed by atoms with van der Waals surface area (Å²) in [4.78, 5) is 1.55. The predicted molar refractivity (Wildman–Crippen MR) is 122 cm³/mol. The van der Waals surface area contributed by atoms with Gasteiger partial charge in [0.2, 0.25) is 0 Å². The summed E-state index contributed by atoms with van der Waals surface area (Å²) in [6.45, 7) is 3.77. The molecule has 0 spiro atoms. The highest BCUT2D eigenvalue weighted by atomic mass is 19.1. The summed E-state index contributed by atoms with van der Waals surface area (Å²) in [6, 6.07) is 16.0. The van der Waals surface area contributed by atoms with Gasteiger partial charge < -0.3 is 14.7 Å². The molecule has 5 heteroatoms. The van der Waals surface area contributed by atoms with Crippen molar-refractivity contribution in [3.63, 3.8) is 0 Å². The van der Waals surface area contributed by atoms with Crippen molar-refractivity contribution in [3.05, 3.63) is 65.5 Å². The van der Waals surface area contributed by atoms with Crippen LogP contribution in [0.4, 0.5) is 4.39 Å². The number of nitrogens with one attached hydrogen (secondary N) is 1. The van der Waals surface area contributed by atoms with Crippen LogP contribution < -0.4 is 9.64 Å². The molecule has 0 unspecified atom stereocenters. The standard InChI is InChI=1S/C27H33FN2O2/c28-25-8-3-7-24(19-25)27(31,22-5-1-2-6-22)23-13-16-30(17-14-23)15-4-18-32-26-11-9-21(20-29)10-12-26/h3,7-12,19,22-23,31H,1-2,4-6,13-18H2/p+1/t27-/m1/s1. The summed E-state index contributed by atoms with van der Waals surface area (Å²) in [5, 5.41) is 20.8. The third-order valence-electron chi connectivity index (χ3n) is 7.51. The largest absolute Gasteiger partial charge is 0.493 e. The van der Waals surface area contributed by atoms with Crippen molar-refractivity contribution in [2.45, 2.75) is 50.5 Å². The van der Waals surface area contributed by atoms with Crippen molar-refractivity contribution < 1.29 is 19.1 Å². The van der Waals surface area contributed by atoms with E-state index in [2.05, 4.69) is 6.07 Å². The molecule has 4 nitrogen and oxygen atoms in total. The van der Waals surface area contributed by atoms with Gasteiger partial charge in [0, 0.05) is 25.2 Å². The van der Waals surface area contributed by atoms with E-state index in [1.54, 1.807) is 29.2 Å². The fourth-order valence-electron chi connectivity index (χ4n) is 5.76. The van der Waals surface area contributed by atoms with E-state index >= 15 is 0 Å². The van der Waals surface area contributed by atoms with Gasteiger partial charge in [-0.15, -0.1) is 0 Å². The first-order valence-corrected chi connectivity index (χ1v) is 12.0. The maximum Gasteiger partial charge on any atom is 0.123 e. The minimum absolute atomic E-state index is 0.186. The Morgan fingerprint density at radius 1 is 1.03 bits per heavy atom. The van der Waals surface area contributed by atoms with Crippen LogP contribution in [0, 0.1) is 29.0 Å². The molecule has 170 valence electrons. The number of rotatable bonds is 8. The minimum atomic E-state index is -0.914. The number of benzene rings is 2. The highest BCUT2D eigenvalue weighted by molar-refractivity contribution is 5.34. The highest BCUT2D eigenvalue weighted by Gasteiger charge is 2.47. The van der Waals surface area contributed by atoms with Crippen molar-refractivity contribution in [3.8, 4) is 11.8 Å². The van der Waals surface area contributed by atoms with Gasteiger partial charge in [-0.1, -0.05) is 25.0 Å². The van der Waals surface area contributed by atoms with Gasteiger partial charge in [-0.2, -0.15) is 5.26 Å². The second-order valence-electron chi connectivity index (χ2n) is 9.43. The quantitative estimate of drug-likeness (QED) is 0.617. The van der Waals surface area contributed by atoms with Crippen molar-refractivity contribution in [1.29, 1.82) is 5.26 Å². The highest BCUT2D eigenvalue weighted by Crippen LogP contribution is 2.47. The summed E-state index contributed by atoms with van der Waals surface area (Å²) in [5.74, 6) is 0.960. The number of likely N-dealkylation sites (tertiary alicyclic amines) is 1. The molecule has 0 aromatic heterocycles. The maximum atomic E-state index is 14.0. The molecule has 1 heterocycles. The van der Waals surface area contributed by atoms with E-state index < -0.39 is 5.60 Å². The Kier molecular flexibility index (Phi) is 7.44. The van der Waals surface area contributed by atoms with E-state index in [9.17, 15) is 9.50 Å². The molecular formula is C27H34FN2O2+. The Balaban J connectivity index is 1.29. The lowest BCUT2D eigenvalue weighted by Crippen LogP contribution is -3.13. The zero-order chi connectivity index (χ0) is 22.4. The number of nitriles is 1. The topological polar surface area (TPSA) is 57.7 Å². The number of hydrogen-bond acceptors (Lipinski definition) is 3. The van der Waals surface area contributed by atoms with Crippen molar-refractivity contribution in [2.24, 2.45) is 11.8 Å². The van der Waals surface area contributed by atoms with E-state index in [1.807, 2.05) is 18.2 Å². The Labute approximate surface area is 190 Å². The number of aliphatic hydroxyl groups is 1. The van der Waals surface area contributed by atoms with Crippen LogP contribution >= 0.6 is 0 Å². The van der Waals surface area contributed by atoms with Gasteiger partial charge in [0.05, 0.1) is 43.5 Å². The van der Waals surface area contributed by atoms with Gasteiger partial charge in [-0.3, -0.25) is 0 Å². The lowest BCUT2D eigenvalue weighted by molar-refractivity contribution is -0.906. The normalized spacial score (nSPS) is 23.4. The Hall–Kier alpha value is -2.42. The van der Waals surface area contributed by atoms with Gasteiger partial charge in [0.25, 0.3) is 0 Å². The lowest BCUT2D eigenvalue weighted by atomic mass is 9.68. The zero-order valence-corrected chi connectivity index (χ0v) is 18.7. The van der Waals surface area contributed by atoms with Crippen LogP contribution in [0.1, 0.15) is 56.1 Å². The first kappa shape index (κ1) is 22.8. The molecule has 0 radical (unpaired) electrons. The van der Waals surface area contributed by atoms with E-state index in [4.69, 9.17) is 10.00 Å². The Morgan fingerprint density at radius 3 is 2.38 bits per heavy atom. The molecular weight excluding hydrogens is 403 g/mol. The number of nitrogens with zero attached hydrogens (tertiary/aromatic N) is 1. The monoisotopic (exact) mass is 437 g/mol. The molecule has 2 aliphatic rings. The predicted octanol–water partition coefficient (Wildman–Crippen LogP) is 3.84. The third kappa shape index (κ3) is 5.14. The summed E-state index contributed by atoms with van der Waals surface area (Å²) in [6.07, 6.45) is 7.29. The Morgan fingerprint density at radius 2 is 1.72 bits per heavy atom. The molecule has 0 bridgehead atoms. The molecule has 2 fully saturated rings. The fourth-order valence-corrected chi connectivity index (χ4v) is 5.76. The lowest BCUT2D eigenvalue weighted by Gasteiger charge is -2.44. The summed E-state index contributed by atoms with van der Waals surface area (Å²) >= 11 is 0.